The predicted molar refractivity (Wildman–Crippen MR) is 93.7 cm³/mol. The molecule has 118 valence electrons. The highest BCUT2D eigenvalue weighted by molar-refractivity contribution is 7.13. The van der Waals surface area contributed by atoms with Crippen LogP contribution in [0.3, 0.4) is 0 Å². The van der Waals surface area contributed by atoms with Crippen LogP contribution in [-0.2, 0) is 11.3 Å². The largest absolute Gasteiger partial charge is 0.324 e. The Balaban J connectivity index is 1.46. The van der Waals surface area contributed by atoms with Gasteiger partial charge in [0.25, 0.3) is 0 Å². The van der Waals surface area contributed by atoms with Gasteiger partial charge in [-0.15, -0.1) is 16.4 Å². The molecule has 0 aliphatic rings. The van der Waals surface area contributed by atoms with Gasteiger partial charge in [0.05, 0.1) is 5.52 Å². The van der Waals surface area contributed by atoms with Gasteiger partial charge in [-0.05, 0) is 36.4 Å². The van der Waals surface area contributed by atoms with Crippen LogP contribution >= 0.6 is 11.3 Å². The fourth-order valence-corrected chi connectivity index (χ4v) is 3.08. The molecule has 6 nitrogen and oxygen atoms in total. The maximum Gasteiger partial charge on any atom is 0.246 e. The number of para-hydroxylation sites is 1. The first kappa shape index (κ1) is 14.5. The average molecular weight is 335 g/mol. The molecular formula is C17H13N5OS. The number of rotatable bonds is 4. The van der Waals surface area contributed by atoms with Crippen LogP contribution in [0.1, 0.15) is 0 Å². The molecule has 0 aliphatic carbocycles. The van der Waals surface area contributed by atoms with Crippen LogP contribution < -0.4 is 5.32 Å². The summed E-state index contributed by atoms with van der Waals surface area (Å²) in [5.41, 5.74) is 3.39. The van der Waals surface area contributed by atoms with Gasteiger partial charge in [-0.2, -0.15) is 0 Å². The van der Waals surface area contributed by atoms with E-state index in [1.807, 2.05) is 53.9 Å². The van der Waals surface area contributed by atoms with Crippen LogP contribution in [0.25, 0.3) is 21.6 Å². The third kappa shape index (κ3) is 2.89. The van der Waals surface area contributed by atoms with Gasteiger partial charge in [0.15, 0.2) is 0 Å². The molecule has 7 heteroatoms. The van der Waals surface area contributed by atoms with Crippen molar-refractivity contribution in [3.63, 3.8) is 0 Å². The van der Waals surface area contributed by atoms with Crippen LogP contribution in [0.2, 0.25) is 0 Å². The number of anilines is 1. The molecule has 2 heterocycles. The number of aromatic nitrogens is 4. The topological polar surface area (TPSA) is 72.7 Å². The Hall–Kier alpha value is -3.06. The summed E-state index contributed by atoms with van der Waals surface area (Å²) >= 11 is 1.58. The van der Waals surface area contributed by atoms with Crippen molar-refractivity contribution in [2.45, 2.75) is 6.54 Å². The number of thiazole rings is 1. The van der Waals surface area contributed by atoms with Gasteiger partial charge in [0.2, 0.25) is 5.91 Å². The SMILES string of the molecule is O=C(Cn1nnc2ccccc21)Nc1ccc(-c2nccs2)cc1. The molecular weight excluding hydrogens is 322 g/mol. The Labute approximate surface area is 141 Å². The number of carbonyl (C=O) groups is 1. The predicted octanol–water partition coefficient (Wildman–Crippen LogP) is 3.19. The van der Waals surface area contributed by atoms with E-state index in [2.05, 4.69) is 20.6 Å². The van der Waals surface area contributed by atoms with Crippen molar-refractivity contribution in [2.24, 2.45) is 0 Å². The van der Waals surface area contributed by atoms with Crippen LogP contribution in [0.15, 0.2) is 60.1 Å². The molecule has 4 rings (SSSR count). The second-order valence-corrected chi connectivity index (χ2v) is 6.09. The normalized spacial score (nSPS) is 10.8. The number of nitrogens with one attached hydrogen (secondary N) is 1. The quantitative estimate of drug-likeness (QED) is 0.621. The Morgan fingerprint density at radius 3 is 2.75 bits per heavy atom. The van der Waals surface area contributed by atoms with Gasteiger partial charge < -0.3 is 5.32 Å². The van der Waals surface area contributed by atoms with E-state index < -0.39 is 0 Å². The molecule has 24 heavy (non-hydrogen) atoms. The van der Waals surface area contributed by atoms with Gasteiger partial charge >= 0.3 is 0 Å². The smallest absolute Gasteiger partial charge is 0.246 e. The fraction of sp³-hybridized carbons (Fsp3) is 0.0588. The summed E-state index contributed by atoms with van der Waals surface area (Å²) in [6.45, 7) is 0.120. The van der Waals surface area contributed by atoms with Crippen molar-refractivity contribution in [3.05, 3.63) is 60.1 Å². The summed E-state index contributed by atoms with van der Waals surface area (Å²) in [5.74, 6) is -0.146. The highest BCUT2D eigenvalue weighted by atomic mass is 32.1. The molecule has 0 fully saturated rings. The molecule has 2 aromatic heterocycles. The number of fused-ring (bicyclic) bond motifs is 1. The number of hydrogen-bond donors (Lipinski definition) is 1. The average Bonchev–Trinajstić information content (AvgIpc) is 3.26. The summed E-state index contributed by atoms with van der Waals surface area (Å²) in [4.78, 5) is 16.5. The molecule has 0 spiro atoms. The second-order valence-electron chi connectivity index (χ2n) is 5.20. The van der Waals surface area contributed by atoms with E-state index in [0.29, 0.717) is 0 Å². The van der Waals surface area contributed by atoms with Crippen LogP contribution in [0.5, 0.6) is 0 Å². The first-order chi connectivity index (χ1) is 11.8. The first-order valence-electron chi connectivity index (χ1n) is 7.37. The van der Waals surface area contributed by atoms with Crippen molar-refractivity contribution in [1.29, 1.82) is 0 Å². The number of carbonyl (C=O) groups excluding carboxylic acids is 1. The zero-order valence-electron chi connectivity index (χ0n) is 12.6. The maximum absolute atomic E-state index is 12.2. The molecule has 0 saturated heterocycles. The minimum atomic E-state index is -0.146. The van der Waals surface area contributed by atoms with E-state index in [1.54, 1.807) is 22.2 Å². The first-order valence-corrected chi connectivity index (χ1v) is 8.25. The molecule has 0 bridgehead atoms. The summed E-state index contributed by atoms with van der Waals surface area (Å²) in [6, 6.07) is 15.2. The minimum Gasteiger partial charge on any atom is -0.324 e. The van der Waals surface area contributed by atoms with Crippen molar-refractivity contribution in [2.75, 3.05) is 5.32 Å². The molecule has 1 N–H and O–H groups in total. The van der Waals surface area contributed by atoms with E-state index in [-0.39, 0.29) is 12.5 Å². The highest BCUT2D eigenvalue weighted by Gasteiger charge is 2.09. The third-order valence-corrected chi connectivity index (χ3v) is 4.38. The Morgan fingerprint density at radius 2 is 1.96 bits per heavy atom. The lowest BCUT2D eigenvalue weighted by Crippen LogP contribution is -2.19. The lowest BCUT2D eigenvalue weighted by atomic mass is 10.2. The Morgan fingerprint density at radius 1 is 1.12 bits per heavy atom. The molecule has 0 unspecified atom stereocenters. The molecule has 4 aromatic rings. The molecule has 0 saturated carbocycles. The number of benzene rings is 2. The van der Waals surface area contributed by atoms with Crippen molar-refractivity contribution in [3.8, 4) is 10.6 Å². The molecule has 2 aromatic carbocycles. The van der Waals surface area contributed by atoms with E-state index in [9.17, 15) is 4.79 Å². The second kappa shape index (κ2) is 6.21. The number of nitrogens with zero attached hydrogens (tertiary/aromatic N) is 4. The van der Waals surface area contributed by atoms with Gasteiger partial charge in [-0.25, -0.2) is 9.67 Å². The van der Waals surface area contributed by atoms with Gasteiger partial charge in [0.1, 0.15) is 17.1 Å². The fourth-order valence-electron chi connectivity index (χ4n) is 2.43. The zero-order chi connectivity index (χ0) is 16.4. The van der Waals surface area contributed by atoms with Crippen LogP contribution in [-0.4, -0.2) is 25.9 Å². The van der Waals surface area contributed by atoms with Gasteiger partial charge in [-0.1, -0.05) is 17.3 Å². The lowest BCUT2D eigenvalue weighted by Gasteiger charge is -2.06. The third-order valence-electron chi connectivity index (χ3n) is 3.56. The number of hydrogen-bond acceptors (Lipinski definition) is 5. The highest BCUT2D eigenvalue weighted by Crippen LogP contribution is 2.23. The summed E-state index contributed by atoms with van der Waals surface area (Å²) in [7, 11) is 0. The number of amides is 1. The van der Waals surface area contributed by atoms with Crippen molar-refractivity contribution < 1.29 is 4.79 Å². The monoisotopic (exact) mass is 335 g/mol. The summed E-state index contributed by atoms with van der Waals surface area (Å²) in [5, 5.41) is 13.8. The maximum atomic E-state index is 12.2. The summed E-state index contributed by atoms with van der Waals surface area (Å²) < 4.78 is 1.59. The Bertz CT molecular complexity index is 976. The van der Waals surface area contributed by atoms with Gasteiger partial charge in [-0.3, -0.25) is 4.79 Å². The zero-order valence-corrected chi connectivity index (χ0v) is 13.4. The standard InChI is InChI=1S/C17H13N5OS/c23-16(11-22-15-4-2-1-3-14(15)20-21-22)19-13-7-5-12(6-8-13)17-18-9-10-24-17/h1-10H,11H2,(H,19,23). The van der Waals surface area contributed by atoms with E-state index >= 15 is 0 Å². The van der Waals surface area contributed by atoms with Crippen LogP contribution in [0, 0.1) is 0 Å². The van der Waals surface area contributed by atoms with E-state index in [0.717, 1.165) is 27.3 Å². The molecule has 0 aliphatic heterocycles. The molecule has 0 radical (unpaired) electrons. The minimum absolute atomic E-state index is 0.120. The van der Waals surface area contributed by atoms with E-state index in [1.165, 1.54) is 0 Å². The van der Waals surface area contributed by atoms with Gasteiger partial charge in [0, 0.05) is 22.8 Å². The van der Waals surface area contributed by atoms with Crippen LogP contribution in [0.4, 0.5) is 5.69 Å². The van der Waals surface area contributed by atoms with Crippen molar-refractivity contribution >= 4 is 34.0 Å². The van der Waals surface area contributed by atoms with Crippen molar-refractivity contribution in [1.82, 2.24) is 20.0 Å². The molecule has 0 atom stereocenters. The lowest BCUT2D eigenvalue weighted by molar-refractivity contribution is -0.116. The summed E-state index contributed by atoms with van der Waals surface area (Å²) in [6.07, 6.45) is 1.78. The van der Waals surface area contributed by atoms with E-state index in [4.69, 9.17) is 0 Å². The Kier molecular flexibility index (Phi) is 3.76. The molecule has 1 amide bonds.